The van der Waals surface area contributed by atoms with Gasteiger partial charge in [-0.25, -0.2) is 23.1 Å². The van der Waals surface area contributed by atoms with Crippen LogP contribution in [0.25, 0.3) is 10.8 Å². The van der Waals surface area contributed by atoms with Crippen LogP contribution in [-0.2, 0) is 16.6 Å². The molecule has 0 radical (unpaired) electrons. The summed E-state index contributed by atoms with van der Waals surface area (Å²) in [7, 11) is -3.94. The number of hydrogen-bond acceptors (Lipinski definition) is 7. The molecule has 0 saturated carbocycles. The molecule has 0 aliphatic carbocycles. The number of benzene rings is 2. The van der Waals surface area contributed by atoms with Crippen LogP contribution in [0.1, 0.15) is 36.1 Å². The van der Waals surface area contributed by atoms with Crippen molar-refractivity contribution < 1.29 is 13.3 Å². The van der Waals surface area contributed by atoms with Gasteiger partial charge in [0.1, 0.15) is 11.0 Å². The van der Waals surface area contributed by atoms with Gasteiger partial charge in [-0.2, -0.15) is 0 Å². The van der Waals surface area contributed by atoms with Crippen LogP contribution in [0.3, 0.4) is 0 Å². The number of sulfonamides is 1. The zero-order valence-corrected chi connectivity index (χ0v) is 21.2. The van der Waals surface area contributed by atoms with Crippen LogP contribution in [0.4, 0.5) is 11.5 Å². The van der Waals surface area contributed by atoms with Crippen molar-refractivity contribution in [2.75, 3.05) is 5.32 Å². The third-order valence-electron chi connectivity index (χ3n) is 5.77. The Morgan fingerprint density at radius 1 is 1.11 bits per heavy atom. The van der Waals surface area contributed by atoms with Crippen molar-refractivity contribution in [3.05, 3.63) is 98.9 Å². The summed E-state index contributed by atoms with van der Waals surface area (Å²) in [6.07, 6.45) is 3.74. The molecule has 0 saturated heterocycles. The fourth-order valence-corrected chi connectivity index (χ4v) is 5.29. The van der Waals surface area contributed by atoms with Crippen molar-refractivity contribution in [1.29, 1.82) is 0 Å². The smallest absolute Gasteiger partial charge is 0.269 e. The molecule has 2 heterocycles. The molecule has 11 heteroatoms. The molecule has 2 N–H and O–H groups in total. The Kier molecular flexibility index (Phi) is 7.48. The molecule has 2 aromatic carbocycles. The second kappa shape index (κ2) is 10.6. The zero-order valence-electron chi connectivity index (χ0n) is 19.6. The van der Waals surface area contributed by atoms with Crippen LogP contribution < -0.4 is 10.0 Å². The summed E-state index contributed by atoms with van der Waals surface area (Å²) in [6.45, 7) is 4.11. The number of nitro benzene ring substituents is 1. The maximum Gasteiger partial charge on any atom is 0.269 e. The number of rotatable bonds is 9. The Morgan fingerprint density at radius 3 is 2.64 bits per heavy atom. The summed E-state index contributed by atoms with van der Waals surface area (Å²) in [5, 5.41) is 16.3. The van der Waals surface area contributed by atoms with Gasteiger partial charge in [0.25, 0.3) is 5.69 Å². The lowest BCUT2D eigenvalue weighted by atomic mass is 10.1. The minimum Gasteiger partial charge on any atom is -0.365 e. The first-order valence-electron chi connectivity index (χ1n) is 11.2. The van der Waals surface area contributed by atoms with Gasteiger partial charge in [-0.05, 0) is 59.7 Å². The zero-order chi connectivity index (χ0) is 25.9. The quantitative estimate of drug-likeness (QED) is 0.167. The molecule has 2 aromatic heterocycles. The number of aryl methyl sites for hydroxylation is 1. The van der Waals surface area contributed by atoms with Crippen molar-refractivity contribution in [2.45, 2.75) is 37.8 Å². The molecule has 186 valence electrons. The van der Waals surface area contributed by atoms with Gasteiger partial charge < -0.3 is 5.32 Å². The number of nitro groups is 1. The standard InChI is InChI=1S/C25H24ClN5O4S/c1-3-23(19-5-4-6-20(12-19)31(32)33)30-36(34,35)21-8-7-18-9-10-27-25(22(18)13-21)29-15-17-11-16(2)24(26)28-14-17/h4-14,23,30H,3,15H2,1-2H3,(H,27,29)/t23-/m0/s1. The Hall–Kier alpha value is -3.60. The predicted molar refractivity (Wildman–Crippen MR) is 140 cm³/mol. The highest BCUT2D eigenvalue weighted by atomic mass is 35.5. The number of fused-ring (bicyclic) bond motifs is 1. The number of aromatic nitrogens is 2. The van der Waals surface area contributed by atoms with Gasteiger partial charge in [0.15, 0.2) is 0 Å². The van der Waals surface area contributed by atoms with Crippen molar-refractivity contribution >= 4 is 43.9 Å². The van der Waals surface area contributed by atoms with E-state index < -0.39 is 21.0 Å². The van der Waals surface area contributed by atoms with Gasteiger partial charge in [-0.15, -0.1) is 0 Å². The van der Waals surface area contributed by atoms with Gasteiger partial charge in [0.2, 0.25) is 10.0 Å². The van der Waals surface area contributed by atoms with Crippen LogP contribution in [0.2, 0.25) is 5.15 Å². The highest BCUT2D eigenvalue weighted by Gasteiger charge is 2.22. The van der Waals surface area contributed by atoms with Gasteiger partial charge in [0.05, 0.1) is 9.82 Å². The van der Waals surface area contributed by atoms with Gasteiger partial charge in [-0.3, -0.25) is 10.1 Å². The van der Waals surface area contributed by atoms with Crippen LogP contribution in [0, 0.1) is 17.0 Å². The van der Waals surface area contributed by atoms with Crippen molar-refractivity contribution in [2.24, 2.45) is 0 Å². The average molecular weight is 526 g/mol. The van der Waals surface area contributed by atoms with Gasteiger partial charge in [-0.1, -0.05) is 36.7 Å². The number of hydrogen-bond donors (Lipinski definition) is 2. The van der Waals surface area contributed by atoms with E-state index in [-0.39, 0.29) is 10.6 Å². The third kappa shape index (κ3) is 5.62. The van der Waals surface area contributed by atoms with E-state index in [1.165, 1.54) is 18.2 Å². The monoisotopic (exact) mass is 525 g/mol. The average Bonchev–Trinajstić information content (AvgIpc) is 2.87. The molecule has 4 rings (SSSR count). The molecule has 0 aliphatic heterocycles. The lowest BCUT2D eigenvalue weighted by Gasteiger charge is -2.18. The molecule has 0 amide bonds. The number of nitrogens with zero attached hydrogens (tertiary/aromatic N) is 3. The number of non-ortho nitro benzene ring substituents is 1. The lowest BCUT2D eigenvalue weighted by Crippen LogP contribution is -2.28. The number of pyridine rings is 2. The summed E-state index contributed by atoms with van der Waals surface area (Å²) in [6, 6.07) is 13.9. The highest BCUT2D eigenvalue weighted by molar-refractivity contribution is 7.89. The van der Waals surface area contributed by atoms with Crippen molar-refractivity contribution in [3.63, 3.8) is 0 Å². The molecular weight excluding hydrogens is 502 g/mol. The Labute approximate surface area is 213 Å². The van der Waals surface area contributed by atoms with Gasteiger partial charge in [0, 0.05) is 42.5 Å². The summed E-state index contributed by atoms with van der Waals surface area (Å²) in [5.41, 5.74) is 2.19. The maximum atomic E-state index is 13.3. The highest BCUT2D eigenvalue weighted by Crippen LogP contribution is 2.28. The van der Waals surface area contributed by atoms with E-state index in [0.29, 0.717) is 34.9 Å². The summed E-state index contributed by atoms with van der Waals surface area (Å²) < 4.78 is 29.3. The van der Waals surface area contributed by atoms with Crippen molar-refractivity contribution in [1.82, 2.24) is 14.7 Å². The van der Waals surface area contributed by atoms with Crippen LogP contribution >= 0.6 is 11.6 Å². The van der Waals surface area contributed by atoms with Crippen LogP contribution in [0.5, 0.6) is 0 Å². The molecule has 9 nitrogen and oxygen atoms in total. The van der Waals surface area contributed by atoms with Gasteiger partial charge >= 0.3 is 0 Å². The predicted octanol–water partition coefficient (Wildman–Crippen LogP) is 5.54. The fraction of sp³-hybridized carbons (Fsp3) is 0.200. The summed E-state index contributed by atoms with van der Waals surface area (Å²) >= 11 is 6.01. The number of nitrogens with one attached hydrogen (secondary N) is 2. The first kappa shape index (κ1) is 25.5. The van der Waals surface area contributed by atoms with E-state index >= 15 is 0 Å². The maximum absolute atomic E-state index is 13.3. The Bertz CT molecular complexity index is 1550. The number of anilines is 1. The van der Waals surface area contributed by atoms with E-state index in [2.05, 4.69) is 20.0 Å². The first-order chi connectivity index (χ1) is 17.2. The fourth-order valence-electron chi connectivity index (χ4n) is 3.85. The largest absolute Gasteiger partial charge is 0.365 e. The molecule has 36 heavy (non-hydrogen) atoms. The normalized spacial score (nSPS) is 12.4. The second-order valence-corrected chi connectivity index (χ2v) is 10.4. The minimum absolute atomic E-state index is 0.0685. The topological polar surface area (TPSA) is 127 Å². The molecule has 1 atom stereocenters. The lowest BCUT2D eigenvalue weighted by molar-refractivity contribution is -0.384. The SMILES string of the molecule is CC[C@H](NS(=O)(=O)c1ccc2ccnc(NCc3cnc(Cl)c(C)c3)c2c1)c1cccc([N+](=O)[O-])c1. The molecule has 0 unspecified atom stereocenters. The minimum atomic E-state index is -3.94. The summed E-state index contributed by atoms with van der Waals surface area (Å²) in [5.74, 6) is 0.530. The molecule has 0 fully saturated rings. The van der Waals surface area contributed by atoms with Crippen LogP contribution in [0.15, 0.2) is 71.9 Å². The molecule has 0 spiro atoms. The third-order valence-corrected chi connectivity index (χ3v) is 7.63. The van der Waals surface area contributed by atoms with Crippen LogP contribution in [-0.4, -0.2) is 23.3 Å². The van der Waals surface area contributed by atoms with Crippen molar-refractivity contribution in [3.8, 4) is 0 Å². The van der Waals surface area contributed by atoms with E-state index in [0.717, 1.165) is 16.5 Å². The second-order valence-electron chi connectivity index (χ2n) is 8.28. The van der Waals surface area contributed by atoms with E-state index in [9.17, 15) is 18.5 Å². The molecule has 4 aromatic rings. The summed E-state index contributed by atoms with van der Waals surface area (Å²) in [4.78, 5) is 19.3. The molecular formula is C25H24ClN5O4S. The van der Waals surface area contributed by atoms with E-state index in [4.69, 9.17) is 11.6 Å². The first-order valence-corrected chi connectivity index (χ1v) is 13.0. The molecule has 0 aliphatic rings. The Morgan fingerprint density at radius 2 is 1.92 bits per heavy atom. The number of halogens is 1. The molecule has 0 bridgehead atoms. The van der Waals surface area contributed by atoms with E-state index in [1.54, 1.807) is 42.7 Å². The van der Waals surface area contributed by atoms with E-state index in [1.807, 2.05) is 19.9 Å². The Balaban J connectivity index is 1.62.